The van der Waals surface area contributed by atoms with E-state index >= 15 is 0 Å². The standard InChI is InChI=1S/2C28H36F3N3O2.C27H31F3N4O/c2*1-28(30,31)20-34-9-8-23-16-24(33-11-13-35-14-12-33)4-7-26(23)27(34)22-2-5-25(6-3-22)36-15-10-32-18-21(17-29)19-32;1-27(29,30)18-34-9-8-22-12-21(23-14-31-32-15-23)4-7-25(22)26(34)20-2-5-24(6-3-20)35-11-10-33-16-19(13-28)17-33/h2*2-7,16,21,27H,8-15,17-20H2,1H3;2-7,12,14-15,19,26H,8-11,13,16-18H2,1H3,(H,31,32)/t2*27-;26-/m101/s1. The Morgan fingerprint density at radius 2 is 0.738 bits per heavy atom. The molecule has 1 N–H and O–H groups in total. The van der Waals surface area contributed by atoms with E-state index in [0.29, 0.717) is 45.9 Å². The van der Waals surface area contributed by atoms with Gasteiger partial charge in [-0.05, 0) is 136 Å². The van der Waals surface area contributed by atoms with Crippen molar-refractivity contribution in [3.8, 4) is 28.4 Å². The molecule has 24 heteroatoms. The molecule has 107 heavy (non-hydrogen) atoms. The third-order valence-electron chi connectivity index (χ3n) is 21.8. The van der Waals surface area contributed by atoms with Gasteiger partial charge in [0.05, 0.1) is 90.4 Å². The van der Waals surface area contributed by atoms with Crippen LogP contribution >= 0.6 is 0 Å². The van der Waals surface area contributed by atoms with E-state index in [1.54, 1.807) is 6.20 Å². The summed E-state index contributed by atoms with van der Waals surface area (Å²) in [6.07, 6.45) is 5.86. The Kier molecular flexibility index (Phi) is 25.8. The van der Waals surface area contributed by atoms with Gasteiger partial charge in [-0.2, -0.15) is 5.10 Å². The fourth-order valence-electron chi connectivity index (χ4n) is 16.4. The molecule has 15 nitrogen and oxygen atoms in total. The molecule has 0 unspecified atom stereocenters. The van der Waals surface area contributed by atoms with E-state index in [2.05, 4.69) is 83.2 Å². The predicted molar refractivity (Wildman–Crippen MR) is 400 cm³/mol. The third-order valence-corrected chi connectivity index (χ3v) is 21.8. The summed E-state index contributed by atoms with van der Waals surface area (Å²) in [4.78, 5) is 16.9. The van der Waals surface area contributed by atoms with Crippen molar-refractivity contribution in [3.05, 3.63) is 190 Å². The summed E-state index contributed by atoms with van der Waals surface area (Å²) >= 11 is 0. The summed E-state index contributed by atoms with van der Waals surface area (Å²) in [6.45, 7) is 18.2. The van der Waals surface area contributed by atoms with Crippen LogP contribution in [0.2, 0.25) is 0 Å². The van der Waals surface area contributed by atoms with Gasteiger partial charge >= 0.3 is 0 Å². The number of aromatic amines is 1. The number of rotatable bonds is 27. The first-order valence-electron chi connectivity index (χ1n) is 38.1. The molecule has 0 amide bonds. The third kappa shape index (κ3) is 20.7. The van der Waals surface area contributed by atoms with Crippen molar-refractivity contribution >= 4 is 11.4 Å². The van der Waals surface area contributed by atoms with Crippen LogP contribution in [0.25, 0.3) is 11.1 Å². The Labute approximate surface area is 623 Å². The second-order valence-electron chi connectivity index (χ2n) is 30.5. The number of H-pyrrole nitrogens is 1. The summed E-state index contributed by atoms with van der Waals surface area (Å²) in [6, 6.07) is 41.9. The maximum atomic E-state index is 14.1. The second-order valence-corrected chi connectivity index (χ2v) is 30.5. The number of benzene rings is 6. The monoisotopic (exact) mass is 1490 g/mol. The average Bonchev–Trinajstić information content (AvgIpc) is 0.951. The first-order valence-corrected chi connectivity index (χ1v) is 38.1. The maximum Gasteiger partial charge on any atom is 0.257 e. The number of hydrogen-bond donors (Lipinski definition) is 1. The number of nitrogens with zero attached hydrogens (tertiary/aromatic N) is 9. The fraction of sp³-hybridized carbons (Fsp3) is 0.530. The lowest BCUT2D eigenvalue weighted by molar-refractivity contribution is -0.0244. The summed E-state index contributed by atoms with van der Waals surface area (Å²) in [5.41, 5.74) is 14.2. The largest absolute Gasteiger partial charge is 0.492 e. The maximum absolute atomic E-state index is 14.1. The molecule has 0 aliphatic carbocycles. The first kappa shape index (κ1) is 77.7. The highest BCUT2D eigenvalue weighted by Gasteiger charge is 2.39. The van der Waals surface area contributed by atoms with E-state index in [0.717, 1.165) is 207 Å². The van der Waals surface area contributed by atoms with Gasteiger partial charge < -0.3 is 33.5 Å². The van der Waals surface area contributed by atoms with Crippen LogP contribution in [0.5, 0.6) is 17.2 Å². The van der Waals surface area contributed by atoms with Crippen LogP contribution in [0.3, 0.4) is 0 Å². The summed E-state index contributed by atoms with van der Waals surface area (Å²) in [7, 11) is 0. The number of alkyl halides is 9. The number of anilines is 2. The molecule has 7 aromatic rings. The van der Waals surface area contributed by atoms with Crippen molar-refractivity contribution in [2.75, 3.05) is 200 Å². The van der Waals surface area contributed by atoms with Crippen LogP contribution in [0.4, 0.5) is 50.9 Å². The number of hydrogen-bond acceptors (Lipinski definition) is 14. The molecular formula is C83H103F9N10O5. The lowest BCUT2D eigenvalue weighted by Gasteiger charge is -2.39. The number of morpholine rings is 2. The van der Waals surface area contributed by atoms with E-state index < -0.39 is 17.8 Å². The minimum absolute atomic E-state index is 0.168. The highest BCUT2D eigenvalue weighted by atomic mass is 19.3. The summed E-state index contributed by atoms with van der Waals surface area (Å²) in [5.74, 6) is -5.56. The van der Waals surface area contributed by atoms with Crippen molar-refractivity contribution in [2.24, 2.45) is 17.8 Å². The zero-order chi connectivity index (χ0) is 74.7. The topological polar surface area (TPSA) is 101 Å². The van der Waals surface area contributed by atoms with Gasteiger partial charge in [0.25, 0.3) is 17.8 Å². The molecular weight excluding hydrogens is 1390 g/mol. The first-order chi connectivity index (χ1) is 51.7. The van der Waals surface area contributed by atoms with Crippen molar-refractivity contribution < 1.29 is 63.2 Å². The highest BCUT2D eigenvalue weighted by Crippen LogP contribution is 2.43. The molecule has 0 bridgehead atoms. The van der Waals surface area contributed by atoms with Crippen molar-refractivity contribution in [2.45, 2.75) is 75.9 Å². The SMILES string of the molecule is CC(F)(F)CN1CCc2cc(-c3cn[nH]c3)ccc2[C@H]1c1ccc(OCCN2CC(CF)C2)cc1.CC(F)(F)CN1CCc2cc(N3CCOCC3)ccc2[C@@H]1c1ccc(OCCN2CC(CF)C2)cc1.CC(F)(F)CN1CCc2cc(N3CCOCC3)ccc2[C@H]1c1ccc(OCCN2CC(CF)C2)cc1. The Morgan fingerprint density at radius 3 is 1.05 bits per heavy atom. The van der Waals surface area contributed by atoms with Crippen LogP contribution in [0.15, 0.2) is 140 Å². The van der Waals surface area contributed by atoms with Crippen LogP contribution < -0.4 is 24.0 Å². The number of halogens is 9. The van der Waals surface area contributed by atoms with E-state index in [-0.39, 0.29) is 75.5 Å². The van der Waals surface area contributed by atoms with Gasteiger partial charge in [0.2, 0.25) is 0 Å². The van der Waals surface area contributed by atoms with Crippen LogP contribution in [0, 0.1) is 17.8 Å². The Balaban J connectivity index is 0.000000142. The molecule has 578 valence electrons. The Hall–Kier alpha value is -7.42. The lowest BCUT2D eigenvalue weighted by Crippen LogP contribution is -2.49. The van der Waals surface area contributed by atoms with Gasteiger partial charge in [-0.15, -0.1) is 0 Å². The molecule has 8 aliphatic rings. The quantitative estimate of drug-likeness (QED) is 0.0495. The van der Waals surface area contributed by atoms with E-state index in [1.807, 2.05) is 99.8 Å². The summed E-state index contributed by atoms with van der Waals surface area (Å²) in [5, 5.41) is 6.88. The minimum Gasteiger partial charge on any atom is -0.492 e. The zero-order valence-corrected chi connectivity index (χ0v) is 61.8. The van der Waals surface area contributed by atoms with Crippen LogP contribution in [-0.4, -0.2) is 248 Å². The minimum atomic E-state index is -2.78. The van der Waals surface area contributed by atoms with E-state index in [4.69, 9.17) is 23.7 Å². The van der Waals surface area contributed by atoms with E-state index in [1.165, 1.54) is 28.1 Å². The number of likely N-dealkylation sites (tertiary alicyclic amines) is 3. The normalized spacial score (nSPS) is 21.0. The number of fused-ring (bicyclic) bond motifs is 3. The second kappa shape index (κ2) is 35.5. The number of ether oxygens (including phenoxy) is 5. The van der Waals surface area contributed by atoms with Crippen molar-refractivity contribution in [1.82, 2.24) is 39.6 Å². The number of nitrogens with one attached hydrogen (secondary N) is 1. The fourth-order valence-corrected chi connectivity index (χ4v) is 16.4. The van der Waals surface area contributed by atoms with Gasteiger partial charge in [0.1, 0.15) is 37.1 Å². The van der Waals surface area contributed by atoms with Crippen molar-refractivity contribution in [1.29, 1.82) is 0 Å². The van der Waals surface area contributed by atoms with Gasteiger partial charge in [-0.3, -0.25) is 47.7 Å². The average molecular weight is 1490 g/mol. The van der Waals surface area contributed by atoms with Gasteiger partial charge in [0.15, 0.2) is 0 Å². The smallest absolute Gasteiger partial charge is 0.257 e. The van der Waals surface area contributed by atoms with Gasteiger partial charge in [-0.25, -0.2) is 26.3 Å². The van der Waals surface area contributed by atoms with Gasteiger partial charge in [0, 0.05) is 166 Å². The summed E-state index contributed by atoms with van der Waals surface area (Å²) < 4.78 is 151. The molecule has 9 heterocycles. The molecule has 0 spiro atoms. The molecule has 3 atom stereocenters. The van der Waals surface area contributed by atoms with Crippen LogP contribution in [0.1, 0.15) is 89.0 Å². The lowest BCUT2D eigenvalue weighted by atomic mass is 9.86. The van der Waals surface area contributed by atoms with E-state index in [9.17, 15) is 39.5 Å². The molecule has 6 aromatic carbocycles. The molecule has 0 saturated carbocycles. The molecule has 0 radical (unpaired) electrons. The molecule has 1 aromatic heterocycles. The van der Waals surface area contributed by atoms with Gasteiger partial charge in [-0.1, -0.05) is 66.7 Å². The zero-order valence-electron chi connectivity index (χ0n) is 61.8. The highest BCUT2D eigenvalue weighted by molar-refractivity contribution is 5.64. The molecule has 8 aliphatic heterocycles. The van der Waals surface area contributed by atoms with Crippen LogP contribution in [-0.2, 0) is 28.7 Å². The van der Waals surface area contributed by atoms with Crippen molar-refractivity contribution in [3.63, 3.8) is 0 Å². The predicted octanol–water partition coefficient (Wildman–Crippen LogP) is 13.8. The molecule has 15 rings (SSSR count). The molecule has 5 fully saturated rings. The Morgan fingerprint density at radius 1 is 0.411 bits per heavy atom. The number of aromatic nitrogens is 2. The Bertz CT molecular complexity index is 3750. The molecule has 5 saturated heterocycles.